The van der Waals surface area contributed by atoms with Gasteiger partial charge in [0.2, 0.25) is 0 Å². The van der Waals surface area contributed by atoms with E-state index < -0.39 is 6.61 Å². The average molecular weight is 292 g/mol. The Bertz CT molecular complexity index is 437. The van der Waals surface area contributed by atoms with Crippen molar-refractivity contribution < 1.29 is 18.3 Å². The number of benzene rings is 1. The van der Waals surface area contributed by atoms with Gasteiger partial charge in [-0.2, -0.15) is 8.78 Å². The van der Waals surface area contributed by atoms with E-state index in [2.05, 4.69) is 26.0 Å². The standard InChI is InChI=1S/C10H8BrF2NO2/c11-7-4-6-5(1-2-14-9(6)15)3-8(7)16-10(12)13/h3-4,10H,1-2H2,(H,14,15). The maximum atomic E-state index is 12.1. The molecule has 1 heterocycles. The second-order valence-electron chi connectivity index (χ2n) is 3.32. The fourth-order valence-electron chi connectivity index (χ4n) is 1.61. The highest BCUT2D eigenvalue weighted by Crippen LogP contribution is 2.31. The summed E-state index contributed by atoms with van der Waals surface area (Å²) in [6, 6.07) is 2.98. The van der Waals surface area contributed by atoms with Gasteiger partial charge >= 0.3 is 6.61 Å². The van der Waals surface area contributed by atoms with E-state index in [0.29, 0.717) is 23.0 Å². The Morgan fingerprint density at radius 1 is 1.44 bits per heavy atom. The van der Waals surface area contributed by atoms with Gasteiger partial charge in [-0.1, -0.05) is 0 Å². The lowest BCUT2D eigenvalue weighted by Crippen LogP contribution is -2.31. The lowest BCUT2D eigenvalue weighted by atomic mass is 10.0. The Labute approximate surface area is 98.9 Å². The van der Waals surface area contributed by atoms with Gasteiger partial charge < -0.3 is 10.1 Å². The minimum Gasteiger partial charge on any atom is -0.434 e. The minimum atomic E-state index is -2.87. The van der Waals surface area contributed by atoms with Crippen LogP contribution < -0.4 is 10.1 Å². The molecule has 2 rings (SSSR count). The van der Waals surface area contributed by atoms with Crippen molar-refractivity contribution in [3.63, 3.8) is 0 Å². The van der Waals surface area contributed by atoms with Crippen LogP contribution in [-0.2, 0) is 6.42 Å². The Kier molecular flexibility index (Phi) is 3.09. The van der Waals surface area contributed by atoms with E-state index >= 15 is 0 Å². The molecular weight excluding hydrogens is 284 g/mol. The number of carbonyl (C=O) groups is 1. The molecule has 1 aromatic carbocycles. The number of hydrogen-bond donors (Lipinski definition) is 1. The second-order valence-corrected chi connectivity index (χ2v) is 4.18. The first-order valence-electron chi connectivity index (χ1n) is 4.63. The van der Waals surface area contributed by atoms with Crippen LogP contribution in [-0.4, -0.2) is 19.1 Å². The van der Waals surface area contributed by atoms with Gasteiger partial charge in [-0.05, 0) is 40.0 Å². The zero-order valence-corrected chi connectivity index (χ0v) is 9.68. The minimum absolute atomic E-state index is 0.0588. The molecule has 86 valence electrons. The molecule has 1 aliphatic heterocycles. The first kappa shape index (κ1) is 11.3. The third-order valence-corrected chi connectivity index (χ3v) is 2.92. The average Bonchev–Trinajstić information content (AvgIpc) is 2.20. The molecule has 0 aliphatic carbocycles. The molecule has 16 heavy (non-hydrogen) atoms. The number of halogens is 3. The van der Waals surface area contributed by atoms with Gasteiger partial charge in [0, 0.05) is 12.1 Å². The van der Waals surface area contributed by atoms with Crippen LogP contribution in [0.5, 0.6) is 5.75 Å². The summed E-state index contributed by atoms with van der Waals surface area (Å²) in [6.07, 6.45) is 0.619. The number of alkyl halides is 2. The molecule has 0 saturated heterocycles. The van der Waals surface area contributed by atoms with Gasteiger partial charge in [-0.3, -0.25) is 4.79 Å². The van der Waals surface area contributed by atoms with Crippen LogP contribution in [0.15, 0.2) is 16.6 Å². The van der Waals surface area contributed by atoms with Gasteiger partial charge in [0.1, 0.15) is 5.75 Å². The highest BCUT2D eigenvalue weighted by atomic mass is 79.9. The van der Waals surface area contributed by atoms with Crippen molar-refractivity contribution in [3.8, 4) is 5.75 Å². The van der Waals surface area contributed by atoms with Crippen molar-refractivity contribution in [2.24, 2.45) is 0 Å². The summed E-state index contributed by atoms with van der Waals surface area (Å²) in [6.45, 7) is -2.35. The molecule has 0 fully saturated rings. The van der Waals surface area contributed by atoms with E-state index in [4.69, 9.17) is 0 Å². The zero-order valence-electron chi connectivity index (χ0n) is 8.10. The van der Waals surface area contributed by atoms with Crippen molar-refractivity contribution in [2.75, 3.05) is 6.54 Å². The second kappa shape index (κ2) is 4.37. The molecule has 0 saturated carbocycles. The van der Waals surface area contributed by atoms with Gasteiger partial charge in [0.05, 0.1) is 4.47 Å². The number of carbonyl (C=O) groups excluding carboxylic acids is 1. The van der Waals surface area contributed by atoms with Crippen LogP contribution in [0.1, 0.15) is 15.9 Å². The molecule has 6 heteroatoms. The van der Waals surface area contributed by atoms with Crippen LogP contribution in [0.25, 0.3) is 0 Å². The van der Waals surface area contributed by atoms with E-state index in [1.165, 1.54) is 12.1 Å². The van der Waals surface area contributed by atoms with Crippen molar-refractivity contribution >= 4 is 21.8 Å². The predicted molar refractivity (Wildman–Crippen MR) is 56.8 cm³/mol. The van der Waals surface area contributed by atoms with Crippen LogP contribution in [0.4, 0.5) is 8.78 Å². The molecule has 0 unspecified atom stereocenters. The van der Waals surface area contributed by atoms with Crippen molar-refractivity contribution in [1.82, 2.24) is 5.32 Å². The fourth-order valence-corrected chi connectivity index (χ4v) is 2.04. The zero-order chi connectivity index (χ0) is 11.7. The molecule has 1 N–H and O–H groups in total. The molecular formula is C10H8BrF2NO2. The van der Waals surface area contributed by atoms with E-state index in [1.807, 2.05) is 0 Å². The Morgan fingerprint density at radius 3 is 2.88 bits per heavy atom. The topological polar surface area (TPSA) is 38.3 Å². The molecule has 0 bridgehead atoms. The number of amides is 1. The molecule has 1 aromatic rings. The maximum absolute atomic E-state index is 12.1. The summed E-state index contributed by atoms with van der Waals surface area (Å²) in [5.74, 6) is -0.131. The Hall–Kier alpha value is -1.17. The smallest absolute Gasteiger partial charge is 0.387 e. The Balaban J connectivity index is 2.40. The SMILES string of the molecule is O=C1NCCc2cc(OC(F)F)c(Br)cc21. The lowest BCUT2D eigenvalue weighted by Gasteiger charge is -2.18. The molecule has 3 nitrogen and oxygen atoms in total. The quantitative estimate of drug-likeness (QED) is 0.908. The molecule has 0 atom stereocenters. The summed E-state index contributed by atoms with van der Waals surface area (Å²) in [5.41, 5.74) is 1.22. The van der Waals surface area contributed by atoms with Gasteiger partial charge in [0.15, 0.2) is 0 Å². The molecule has 1 amide bonds. The van der Waals surface area contributed by atoms with Crippen molar-refractivity contribution in [3.05, 3.63) is 27.7 Å². The van der Waals surface area contributed by atoms with Crippen LogP contribution in [0.3, 0.4) is 0 Å². The molecule has 0 aromatic heterocycles. The monoisotopic (exact) mass is 291 g/mol. The van der Waals surface area contributed by atoms with E-state index in [-0.39, 0.29) is 11.7 Å². The van der Waals surface area contributed by atoms with Crippen LogP contribution >= 0.6 is 15.9 Å². The summed E-state index contributed by atoms with van der Waals surface area (Å²) in [5, 5.41) is 2.68. The maximum Gasteiger partial charge on any atom is 0.387 e. The third kappa shape index (κ3) is 2.16. The summed E-state index contributed by atoms with van der Waals surface area (Å²) >= 11 is 3.09. The first-order chi connectivity index (χ1) is 7.58. The van der Waals surface area contributed by atoms with Crippen LogP contribution in [0.2, 0.25) is 0 Å². The Morgan fingerprint density at radius 2 is 2.19 bits per heavy atom. The fraction of sp³-hybridized carbons (Fsp3) is 0.300. The third-order valence-electron chi connectivity index (χ3n) is 2.30. The van der Waals surface area contributed by atoms with Crippen molar-refractivity contribution in [2.45, 2.75) is 13.0 Å². The number of rotatable bonds is 2. The first-order valence-corrected chi connectivity index (χ1v) is 5.42. The number of hydrogen-bond acceptors (Lipinski definition) is 2. The molecule has 1 aliphatic rings. The largest absolute Gasteiger partial charge is 0.434 e. The van der Waals surface area contributed by atoms with E-state index in [1.54, 1.807) is 0 Å². The van der Waals surface area contributed by atoms with Gasteiger partial charge in [-0.25, -0.2) is 0 Å². The predicted octanol–water partition coefficient (Wildman–Crippen LogP) is 2.34. The molecule has 0 radical (unpaired) electrons. The van der Waals surface area contributed by atoms with E-state index in [0.717, 1.165) is 5.56 Å². The number of ether oxygens (including phenoxy) is 1. The van der Waals surface area contributed by atoms with Crippen molar-refractivity contribution in [1.29, 1.82) is 0 Å². The lowest BCUT2D eigenvalue weighted by molar-refractivity contribution is -0.0503. The summed E-state index contributed by atoms with van der Waals surface area (Å²) in [7, 11) is 0. The highest BCUT2D eigenvalue weighted by Gasteiger charge is 2.20. The normalized spacial score (nSPS) is 14.6. The number of nitrogens with one attached hydrogen (secondary N) is 1. The summed E-state index contributed by atoms with van der Waals surface area (Å²) < 4.78 is 28.9. The van der Waals surface area contributed by atoms with Gasteiger partial charge in [-0.15, -0.1) is 0 Å². The molecule has 0 spiro atoms. The highest BCUT2D eigenvalue weighted by molar-refractivity contribution is 9.10. The summed E-state index contributed by atoms with van der Waals surface area (Å²) in [4.78, 5) is 11.5. The number of fused-ring (bicyclic) bond motifs is 1. The van der Waals surface area contributed by atoms with Crippen LogP contribution in [0, 0.1) is 0 Å². The van der Waals surface area contributed by atoms with E-state index in [9.17, 15) is 13.6 Å². The van der Waals surface area contributed by atoms with Gasteiger partial charge in [0.25, 0.3) is 5.91 Å².